The van der Waals surface area contributed by atoms with E-state index in [-0.39, 0.29) is 0 Å². The van der Waals surface area contributed by atoms with E-state index in [4.69, 9.17) is 32.7 Å². The van der Waals surface area contributed by atoms with Gasteiger partial charge in [-0.3, -0.25) is 0 Å². The Morgan fingerprint density at radius 3 is 2.64 bits per heavy atom. The number of hydrogen-bond acceptors (Lipinski definition) is 3. The van der Waals surface area contributed by atoms with Crippen molar-refractivity contribution in [3.8, 4) is 22.8 Å². The molecule has 0 bridgehead atoms. The van der Waals surface area contributed by atoms with Crippen LogP contribution in [0.5, 0.6) is 11.5 Å². The molecule has 0 N–H and O–H groups in total. The van der Waals surface area contributed by atoms with E-state index in [1.54, 1.807) is 26.5 Å². The molecule has 0 saturated heterocycles. The van der Waals surface area contributed by atoms with Gasteiger partial charge in [-0.05, 0) is 30.3 Å². The van der Waals surface area contributed by atoms with Gasteiger partial charge in [0, 0.05) is 11.8 Å². The third-order valence-corrected chi connectivity index (χ3v) is 3.95. The molecule has 0 aliphatic carbocycles. The number of ether oxygens (including phenoxy) is 2. The molecule has 22 heavy (non-hydrogen) atoms. The van der Waals surface area contributed by atoms with Crippen LogP contribution >= 0.6 is 23.2 Å². The molecule has 0 amide bonds. The monoisotopic (exact) mass is 336 g/mol. The van der Waals surface area contributed by atoms with Crippen LogP contribution in [-0.2, 0) is 5.88 Å². The number of methoxy groups -OCH3 is 2. The van der Waals surface area contributed by atoms with Crippen molar-refractivity contribution in [3.63, 3.8) is 0 Å². The number of fused-ring (bicyclic) bond motifs is 1. The largest absolute Gasteiger partial charge is 0.497 e. The minimum Gasteiger partial charge on any atom is -0.497 e. The Hall–Kier alpha value is -1.91. The summed E-state index contributed by atoms with van der Waals surface area (Å²) in [5.41, 5.74) is 3.22. The van der Waals surface area contributed by atoms with Crippen molar-refractivity contribution in [1.82, 2.24) is 9.38 Å². The topological polar surface area (TPSA) is 35.8 Å². The molecular weight excluding hydrogens is 323 g/mol. The molecule has 0 fully saturated rings. The van der Waals surface area contributed by atoms with E-state index in [9.17, 15) is 0 Å². The molecule has 0 aliphatic rings. The van der Waals surface area contributed by atoms with Gasteiger partial charge in [-0.1, -0.05) is 11.6 Å². The van der Waals surface area contributed by atoms with Gasteiger partial charge in [0.25, 0.3) is 0 Å². The van der Waals surface area contributed by atoms with Crippen LogP contribution in [-0.4, -0.2) is 23.6 Å². The van der Waals surface area contributed by atoms with Crippen molar-refractivity contribution in [3.05, 3.63) is 47.2 Å². The second kappa shape index (κ2) is 6.07. The van der Waals surface area contributed by atoms with E-state index >= 15 is 0 Å². The first kappa shape index (κ1) is 15.0. The van der Waals surface area contributed by atoms with Crippen molar-refractivity contribution >= 4 is 28.8 Å². The summed E-state index contributed by atoms with van der Waals surface area (Å²) in [4.78, 5) is 4.66. The first-order valence-corrected chi connectivity index (χ1v) is 7.54. The summed E-state index contributed by atoms with van der Waals surface area (Å²) in [7, 11) is 3.25. The molecule has 3 rings (SSSR count). The van der Waals surface area contributed by atoms with Crippen LogP contribution < -0.4 is 9.47 Å². The smallest absolute Gasteiger partial charge is 0.137 e. The summed E-state index contributed by atoms with van der Waals surface area (Å²) < 4.78 is 12.6. The van der Waals surface area contributed by atoms with Crippen LogP contribution in [0.25, 0.3) is 16.9 Å². The van der Waals surface area contributed by atoms with Crippen LogP contribution in [0.15, 0.2) is 36.5 Å². The number of hydrogen-bond donors (Lipinski definition) is 0. The highest BCUT2D eigenvalue weighted by Gasteiger charge is 2.17. The number of rotatable bonds is 4. The van der Waals surface area contributed by atoms with Crippen LogP contribution in [0, 0.1) is 0 Å². The summed E-state index contributed by atoms with van der Waals surface area (Å²) in [5, 5.41) is 0.625. The van der Waals surface area contributed by atoms with Gasteiger partial charge in [-0.2, -0.15) is 0 Å². The van der Waals surface area contributed by atoms with Gasteiger partial charge in [0.15, 0.2) is 0 Å². The molecule has 2 aromatic heterocycles. The van der Waals surface area contributed by atoms with Crippen molar-refractivity contribution in [1.29, 1.82) is 0 Å². The average Bonchev–Trinajstić information content (AvgIpc) is 2.91. The van der Waals surface area contributed by atoms with E-state index in [1.165, 1.54) is 0 Å². The Morgan fingerprint density at radius 1 is 1.14 bits per heavy atom. The van der Waals surface area contributed by atoms with Gasteiger partial charge >= 0.3 is 0 Å². The molecule has 1 aromatic carbocycles. The second-order valence-electron chi connectivity index (χ2n) is 4.68. The molecule has 6 heteroatoms. The van der Waals surface area contributed by atoms with Crippen LogP contribution in [0.1, 0.15) is 5.69 Å². The summed E-state index contributed by atoms with van der Waals surface area (Å²) in [6.45, 7) is 0. The fourth-order valence-corrected chi connectivity index (χ4v) is 2.83. The fraction of sp³-hybridized carbons (Fsp3) is 0.188. The van der Waals surface area contributed by atoms with Crippen molar-refractivity contribution < 1.29 is 9.47 Å². The summed E-state index contributed by atoms with van der Waals surface area (Å²) in [6, 6.07) is 9.24. The molecule has 3 aromatic rings. The minimum absolute atomic E-state index is 0.303. The molecule has 0 saturated carbocycles. The van der Waals surface area contributed by atoms with Crippen LogP contribution in [0.3, 0.4) is 0 Å². The van der Waals surface area contributed by atoms with E-state index < -0.39 is 0 Å². The van der Waals surface area contributed by atoms with Gasteiger partial charge in [0.2, 0.25) is 0 Å². The zero-order valence-corrected chi connectivity index (χ0v) is 13.6. The van der Waals surface area contributed by atoms with Gasteiger partial charge in [0.1, 0.15) is 17.1 Å². The zero-order chi connectivity index (χ0) is 15.7. The molecular formula is C16H14Cl2N2O2. The van der Waals surface area contributed by atoms with Gasteiger partial charge in [0.05, 0.1) is 36.5 Å². The predicted molar refractivity (Wildman–Crippen MR) is 88.3 cm³/mol. The highest BCUT2D eigenvalue weighted by atomic mass is 35.5. The molecule has 114 valence electrons. The molecule has 0 atom stereocenters. The third-order valence-electron chi connectivity index (χ3n) is 3.47. The Kier molecular flexibility index (Phi) is 4.14. The zero-order valence-electron chi connectivity index (χ0n) is 12.1. The highest BCUT2D eigenvalue weighted by molar-refractivity contribution is 6.30. The SMILES string of the molecule is COc1ccc(OC)c(-c2nc3ccc(Cl)cn3c2CCl)c1. The second-order valence-corrected chi connectivity index (χ2v) is 5.39. The Balaban J connectivity index is 2.30. The van der Waals surface area contributed by atoms with E-state index in [0.717, 1.165) is 28.3 Å². The maximum atomic E-state index is 6.15. The maximum absolute atomic E-state index is 6.15. The van der Waals surface area contributed by atoms with E-state index in [1.807, 2.05) is 28.7 Å². The highest BCUT2D eigenvalue weighted by Crippen LogP contribution is 2.36. The van der Waals surface area contributed by atoms with Gasteiger partial charge in [-0.25, -0.2) is 4.98 Å². The molecule has 0 aliphatic heterocycles. The number of pyridine rings is 1. The first-order valence-electron chi connectivity index (χ1n) is 6.62. The lowest BCUT2D eigenvalue weighted by atomic mass is 10.1. The standard InChI is InChI=1S/C16H14Cl2N2O2/c1-21-11-4-5-14(22-2)12(7-11)16-13(8-17)20-9-10(18)3-6-15(20)19-16/h3-7,9H,8H2,1-2H3. The molecule has 0 spiro atoms. The number of imidazole rings is 1. The Labute approximate surface area is 138 Å². The summed E-state index contributed by atoms with van der Waals surface area (Å²) in [5.74, 6) is 1.74. The van der Waals surface area contributed by atoms with Crippen LogP contribution in [0.4, 0.5) is 0 Å². The molecule has 0 radical (unpaired) electrons. The molecule has 4 nitrogen and oxygen atoms in total. The maximum Gasteiger partial charge on any atom is 0.137 e. The summed E-state index contributed by atoms with van der Waals surface area (Å²) >= 11 is 12.2. The van der Waals surface area contributed by atoms with Crippen LogP contribution in [0.2, 0.25) is 5.02 Å². The van der Waals surface area contributed by atoms with Gasteiger partial charge in [-0.15, -0.1) is 11.6 Å². The van der Waals surface area contributed by atoms with E-state index in [0.29, 0.717) is 16.7 Å². The lowest BCUT2D eigenvalue weighted by Crippen LogP contribution is -1.94. The molecule has 0 unspecified atom stereocenters. The number of alkyl halides is 1. The first-order chi connectivity index (χ1) is 10.7. The third kappa shape index (κ3) is 2.49. The quantitative estimate of drug-likeness (QED) is 0.662. The predicted octanol–water partition coefficient (Wildman–Crippen LogP) is 4.41. The number of nitrogens with zero attached hydrogens (tertiary/aromatic N) is 2. The normalized spacial score (nSPS) is 10.9. The number of halogens is 2. The lowest BCUT2D eigenvalue weighted by molar-refractivity contribution is 0.404. The van der Waals surface area contributed by atoms with Crippen molar-refractivity contribution in [2.75, 3.05) is 14.2 Å². The Bertz CT molecular complexity index is 830. The average molecular weight is 337 g/mol. The van der Waals surface area contributed by atoms with Gasteiger partial charge < -0.3 is 13.9 Å². The number of aromatic nitrogens is 2. The number of benzene rings is 1. The van der Waals surface area contributed by atoms with Crippen molar-refractivity contribution in [2.45, 2.75) is 5.88 Å². The van der Waals surface area contributed by atoms with Crippen molar-refractivity contribution in [2.24, 2.45) is 0 Å². The molecule has 2 heterocycles. The minimum atomic E-state index is 0.303. The fourth-order valence-electron chi connectivity index (χ4n) is 2.41. The lowest BCUT2D eigenvalue weighted by Gasteiger charge is -2.10. The summed E-state index contributed by atoms with van der Waals surface area (Å²) in [6.07, 6.45) is 1.80. The Morgan fingerprint density at radius 2 is 1.95 bits per heavy atom. The van der Waals surface area contributed by atoms with E-state index in [2.05, 4.69) is 4.98 Å².